The smallest absolute Gasteiger partial charge is 0.216 e. The van der Waals surface area contributed by atoms with Crippen molar-refractivity contribution < 1.29 is 12.8 Å². The number of anilines is 3. The van der Waals surface area contributed by atoms with Gasteiger partial charge in [-0.3, -0.25) is 0 Å². The summed E-state index contributed by atoms with van der Waals surface area (Å²) in [6.07, 6.45) is 5.53. The molecule has 0 N–H and O–H groups in total. The fourth-order valence-corrected chi connectivity index (χ4v) is 8.52. The lowest BCUT2D eigenvalue weighted by Gasteiger charge is -2.41. The molecular weight excluding hydrogens is 572 g/mol. The normalized spacial score (nSPS) is 20.9. The van der Waals surface area contributed by atoms with E-state index in [0.29, 0.717) is 27.7 Å². The first-order valence-electron chi connectivity index (χ1n) is 13.1. The van der Waals surface area contributed by atoms with Crippen LogP contribution in [0.4, 0.5) is 20.5 Å². The van der Waals surface area contributed by atoms with Crippen molar-refractivity contribution in [1.29, 1.82) is 5.26 Å². The van der Waals surface area contributed by atoms with Crippen molar-refractivity contribution in [3.8, 4) is 17.3 Å². The fourth-order valence-electron chi connectivity index (χ4n) is 5.90. The largest absolute Gasteiger partial charge is 0.341 e. The van der Waals surface area contributed by atoms with Gasteiger partial charge in [0.2, 0.25) is 20.1 Å². The number of piperidine rings is 1. The molecule has 2 fully saturated rings. The Morgan fingerprint density at radius 3 is 2.40 bits per heavy atom. The van der Waals surface area contributed by atoms with Gasteiger partial charge < -0.3 is 9.80 Å². The highest BCUT2D eigenvalue weighted by molar-refractivity contribution is 7.88. The van der Waals surface area contributed by atoms with E-state index < -0.39 is 10.0 Å². The van der Waals surface area contributed by atoms with E-state index >= 15 is 0 Å². The van der Waals surface area contributed by atoms with Crippen LogP contribution in [0.15, 0.2) is 24.3 Å². The summed E-state index contributed by atoms with van der Waals surface area (Å²) in [4.78, 5) is 15.2. The van der Waals surface area contributed by atoms with Crippen molar-refractivity contribution in [2.24, 2.45) is 0 Å². The first kappa shape index (κ1) is 27.1. The number of hydrogen-bond donors (Lipinski definition) is 0. The molecule has 2 aliphatic heterocycles. The quantitative estimate of drug-likeness (QED) is 0.302. The number of rotatable bonds is 7. The molecule has 4 aromatic rings. The molecule has 2 bridgehead atoms. The van der Waals surface area contributed by atoms with Crippen molar-refractivity contribution in [2.45, 2.75) is 57.2 Å². The highest BCUT2D eigenvalue weighted by Crippen LogP contribution is 2.44. The number of nitriles is 1. The van der Waals surface area contributed by atoms with Crippen LogP contribution in [-0.4, -0.2) is 70.8 Å². The Morgan fingerprint density at radius 1 is 1.12 bits per heavy atom. The number of fused-ring (bicyclic) bond motifs is 3. The molecule has 40 heavy (non-hydrogen) atoms. The van der Waals surface area contributed by atoms with Crippen molar-refractivity contribution in [3.05, 3.63) is 40.7 Å². The predicted molar refractivity (Wildman–Crippen MR) is 155 cm³/mol. The van der Waals surface area contributed by atoms with E-state index in [0.717, 1.165) is 47.3 Å². The summed E-state index contributed by atoms with van der Waals surface area (Å²) in [6, 6.07) is 8.66. The standard InChI is InChI=1S/C26H29FN8O2S3/c1-5-20-23(32(2)24-30-22(21(14-28)38-24)15-6-8-16(27)9-7-15)35-25(29-20)39-26(31-35)34-17-10-11-18(34)13-19(12-17)33(3)40(4,36)37/h6-9,17-19H,5,10-13H2,1-4H3. The van der Waals surface area contributed by atoms with Crippen LogP contribution in [0, 0.1) is 17.1 Å². The van der Waals surface area contributed by atoms with Gasteiger partial charge in [-0.2, -0.15) is 9.78 Å². The molecule has 0 aliphatic carbocycles. The second-order valence-corrected chi connectivity index (χ2v) is 14.3. The third-order valence-electron chi connectivity index (χ3n) is 7.98. The summed E-state index contributed by atoms with van der Waals surface area (Å²) in [5.74, 6) is 0.450. The van der Waals surface area contributed by atoms with Gasteiger partial charge in [0.1, 0.15) is 22.5 Å². The zero-order chi connectivity index (χ0) is 28.3. The number of aryl methyl sites for hydroxylation is 1. The Labute approximate surface area is 240 Å². The van der Waals surface area contributed by atoms with Gasteiger partial charge >= 0.3 is 0 Å². The number of thiazole rings is 1. The third-order valence-corrected chi connectivity index (χ3v) is 11.3. The summed E-state index contributed by atoms with van der Waals surface area (Å²) in [7, 11) is 0.327. The van der Waals surface area contributed by atoms with Crippen LogP contribution >= 0.6 is 22.7 Å². The third kappa shape index (κ3) is 4.54. The number of imidazole rings is 1. The summed E-state index contributed by atoms with van der Waals surface area (Å²) in [5, 5.41) is 16.3. The van der Waals surface area contributed by atoms with E-state index in [1.165, 1.54) is 34.0 Å². The van der Waals surface area contributed by atoms with E-state index in [9.17, 15) is 18.1 Å². The molecular formula is C26H29FN8O2S3. The van der Waals surface area contributed by atoms with Crippen molar-refractivity contribution >= 4 is 53.7 Å². The first-order chi connectivity index (χ1) is 19.1. The van der Waals surface area contributed by atoms with Crippen molar-refractivity contribution in [3.63, 3.8) is 0 Å². The number of sulfonamides is 1. The van der Waals surface area contributed by atoms with Crippen LogP contribution in [0.2, 0.25) is 0 Å². The number of nitrogens with zero attached hydrogens (tertiary/aromatic N) is 8. The molecule has 0 amide bonds. The maximum absolute atomic E-state index is 13.5. The van der Waals surface area contributed by atoms with Crippen LogP contribution in [-0.2, 0) is 16.4 Å². The maximum Gasteiger partial charge on any atom is 0.216 e. The molecule has 2 aliphatic rings. The minimum atomic E-state index is -3.25. The lowest BCUT2D eigenvalue weighted by Crippen LogP contribution is -2.50. The van der Waals surface area contributed by atoms with Gasteiger partial charge in [-0.05, 0) is 56.4 Å². The molecule has 10 nitrogen and oxygen atoms in total. The Bertz CT molecular complexity index is 1710. The average molecular weight is 601 g/mol. The molecule has 14 heteroatoms. The SMILES string of the molecule is CCc1nc2sc(N3C4CCC3CC(N(C)S(C)(=O)=O)C4)nn2c1N(C)c1nc(-c2ccc(F)cc2)c(C#N)s1. The second kappa shape index (κ2) is 10.1. The Balaban J connectivity index is 1.33. The van der Waals surface area contributed by atoms with Crippen LogP contribution in [0.3, 0.4) is 0 Å². The van der Waals surface area contributed by atoms with Crippen molar-refractivity contribution in [1.82, 2.24) is 23.9 Å². The van der Waals surface area contributed by atoms with Gasteiger partial charge in [0.05, 0.1) is 11.9 Å². The van der Waals surface area contributed by atoms with E-state index in [-0.39, 0.29) is 23.9 Å². The van der Waals surface area contributed by atoms with Gasteiger partial charge in [-0.15, -0.1) is 5.10 Å². The summed E-state index contributed by atoms with van der Waals surface area (Å²) >= 11 is 2.82. The Hall–Kier alpha value is -3.12. The van der Waals surface area contributed by atoms with Gasteiger partial charge in [-0.1, -0.05) is 29.6 Å². The summed E-state index contributed by atoms with van der Waals surface area (Å²) < 4.78 is 41.2. The van der Waals surface area contributed by atoms with Gasteiger partial charge in [0.25, 0.3) is 0 Å². The minimum Gasteiger partial charge on any atom is -0.341 e. The zero-order valence-electron chi connectivity index (χ0n) is 22.6. The second-order valence-electron chi connectivity index (χ2n) is 10.4. The first-order valence-corrected chi connectivity index (χ1v) is 16.6. The molecule has 0 spiro atoms. The van der Waals surface area contributed by atoms with Crippen LogP contribution in [0.5, 0.6) is 0 Å². The average Bonchev–Trinajstić information content (AvgIpc) is 3.67. The van der Waals surface area contributed by atoms with E-state index in [4.69, 9.17) is 15.1 Å². The number of aromatic nitrogens is 4. The van der Waals surface area contributed by atoms with Gasteiger partial charge in [-0.25, -0.2) is 27.1 Å². The molecule has 3 aromatic heterocycles. The lowest BCUT2D eigenvalue weighted by molar-refractivity contribution is 0.277. The zero-order valence-corrected chi connectivity index (χ0v) is 25.0. The van der Waals surface area contributed by atoms with E-state index in [1.54, 1.807) is 30.5 Å². The highest BCUT2D eigenvalue weighted by atomic mass is 32.2. The maximum atomic E-state index is 13.5. The van der Waals surface area contributed by atoms with Crippen LogP contribution in [0.25, 0.3) is 16.2 Å². The molecule has 0 radical (unpaired) electrons. The molecule has 5 heterocycles. The molecule has 2 atom stereocenters. The van der Waals surface area contributed by atoms with E-state index in [1.807, 2.05) is 23.4 Å². The summed E-state index contributed by atoms with van der Waals surface area (Å²) in [6.45, 7) is 2.04. The van der Waals surface area contributed by atoms with Crippen LogP contribution in [0.1, 0.15) is 43.2 Å². The predicted octanol–water partition coefficient (Wildman–Crippen LogP) is 4.65. The number of hydrogen-bond acceptors (Lipinski definition) is 10. The molecule has 2 unspecified atom stereocenters. The number of halogens is 1. The summed E-state index contributed by atoms with van der Waals surface area (Å²) in [5.41, 5.74) is 2.08. The molecule has 2 saturated heterocycles. The molecule has 210 valence electrons. The van der Waals surface area contributed by atoms with Crippen LogP contribution < -0.4 is 9.80 Å². The topological polar surface area (TPSA) is 111 Å². The molecule has 6 rings (SSSR count). The lowest BCUT2D eigenvalue weighted by atomic mass is 9.98. The van der Waals surface area contributed by atoms with Gasteiger partial charge in [0, 0.05) is 37.8 Å². The van der Waals surface area contributed by atoms with Gasteiger partial charge in [0.15, 0.2) is 10.9 Å². The Morgan fingerprint density at radius 2 is 1.80 bits per heavy atom. The Kier molecular flexibility index (Phi) is 6.81. The molecule has 0 saturated carbocycles. The minimum absolute atomic E-state index is 0.00396. The molecule has 1 aromatic carbocycles. The van der Waals surface area contributed by atoms with E-state index in [2.05, 4.69) is 11.0 Å². The van der Waals surface area contributed by atoms with Crippen molar-refractivity contribution in [2.75, 3.05) is 30.2 Å². The fraction of sp³-hybridized carbons (Fsp3) is 0.462. The number of benzene rings is 1. The highest BCUT2D eigenvalue weighted by Gasteiger charge is 2.44. The monoisotopic (exact) mass is 600 g/mol.